The van der Waals surface area contributed by atoms with Gasteiger partial charge in [0.1, 0.15) is 11.5 Å². The van der Waals surface area contributed by atoms with Gasteiger partial charge in [-0.3, -0.25) is 4.79 Å². The van der Waals surface area contributed by atoms with Crippen LogP contribution in [0.15, 0.2) is 47.0 Å². The van der Waals surface area contributed by atoms with Crippen LogP contribution in [0.5, 0.6) is 11.5 Å². The van der Waals surface area contributed by atoms with Crippen LogP contribution in [0.2, 0.25) is 0 Å². The molecular weight excluding hydrogens is 320 g/mol. The summed E-state index contributed by atoms with van der Waals surface area (Å²) >= 11 is 0. The Morgan fingerprint density at radius 2 is 2.12 bits per heavy atom. The molecule has 6 nitrogen and oxygen atoms in total. The molecule has 0 fully saturated rings. The summed E-state index contributed by atoms with van der Waals surface area (Å²) in [5, 5.41) is 16.2. The van der Waals surface area contributed by atoms with Crippen LogP contribution >= 0.6 is 0 Å². The molecule has 1 heterocycles. The topological polar surface area (TPSA) is 84.6 Å². The van der Waals surface area contributed by atoms with Crippen LogP contribution in [0.1, 0.15) is 21.6 Å². The van der Waals surface area contributed by atoms with E-state index >= 15 is 0 Å². The van der Waals surface area contributed by atoms with Crippen molar-refractivity contribution in [1.29, 1.82) is 0 Å². The Hall–Kier alpha value is -3.28. The normalized spacial score (nSPS) is 12.2. The lowest BCUT2D eigenvalue weighted by molar-refractivity contribution is 0.101. The fourth-order valence-electron chi connectivity index (χ4n) is 3.09. The second kappa shape index (κ2) is 5.98. The van der Waals surface area contributed by atoms with Crippen molar-refractivity contribution >= 4 is 11.6 Å². The Bertz CT molecular complexity index is 962. The summed E-state index contributed by atoms with van der Waals surface area (Å²) in [4.78, 5) is 12.5. The minimum absolute atomic E-state index is 0.0860. The van der Waals surface area contributed by atoms with E-state index in [1.807, 2.05) is 18.2 Å². The molecule has 0 unspecified atom stereocenters. The summed E-state index contributed by atoms with van der Waals surface area (Å²) < 4.78 is 10.7. The molecule has 0 spiro atoms. The standard InChI is InChI=1S/C19H16N2O4/c1-24-14-6-8-15-11(9-14)5-7-16-17(21-25-18(15)16)19(23)20-12-3-2-4-13(22)10-12/h2-4,6,8-10,22H,5,7H2,1H3,(H,20,23). The van der Waals surface area contributed by atoms with Gasteiger partial charge in [0.25, 0.3) is 5.91 Å². The van der Waals surface area contributed by atoms with Crippen LogP contribution in [0.3, 0.4) is 0 Å². The predicted octanol–water partition coefficient (Wildman–Crippen LogP) is 3.41. The molecule has 3 aromatic rings. The molecule has 0 atom stereocenters. The number of ether oxygens (including phenoxy) is 1. The lowest BCUT2D eigenvalue weighted by Crippen LogP contribution is -2.15. The maximum atomic E-state index is 12.5. The Labute approximate surface area is 144 Å². The number of aromatic hydroxyl groups is 1. The Morgan fingerprint density at radius 3 is 2.92 bits per heavy atom. The number of hydrogen-bond acceptors (Lipinski definition) is 5. The lowest BCUT2D eigenvalue weighted by Gasteiger charge is -2.15. The molecule has 25 heavy (non-hydrogen) atoms. The maximum Gasteiger partial charge on any atom is 0.278 e. The number of aryl methyl sites for hydroxylation is 1. The summed E-state index contributed by atoms with van der Waals surface area (Å²) in [5.74, 6) is 1.16. The number of nitrogens with zero attached hydrogens (tertiary/aromatic N) is 1. The first-order valence-electron chi connectivity index (χ1n) is 7.92. The van der Waals surface area contributed by atoms with E-state index in [-0.39, 0.29) is 17.4 Å². The first kappa shape index (κ1) is 15.3. The molecule has 1 amide bonds. The van der Waals surface area contributed by atoms with Gasteiger partial charge in [-0.2, -0.15) is 0 Å². The van der Waals surface area contributed by atoms with E-state index in [9.17, 15) is 9.90 Å². The van der Waals surface area contributed by atoms with Crippen LogP contribution in [0.4, 0.5) is 5.69 Å². The molecule has 0 bridgehead atoms. The molecule has 6 heteroatoms. The monoisotopic (exact) mass is 336 g/mol. The van der Waals surface area contributed by atoms with Crippen LogP contribution in [-0.2, 0) is 12.8 Å². The number of aromatic nitrogens is 1. The minimum atomic E-state index is -0.354. The summed E-state index contributed by atoms with van der Waals surface area (Å²) in [6.07, 6.45) is 1.45. The van der Waals surface area contributed by atoms with Gasteiger partial charge in [-0.25, -0.2) is 0 Å². The summed E-state index contributed by atoms with van der Waals surface area (Å²) in [7, 11) is 1.63. The average Bonchev–Trinajstić information content (AvgIpc) is 3.05. The van der Waals surface area contributed by atoms with Crippen molar-refractivity contribution in [2.75, 3.05) is 12.4 Å². The number of methoxy groups -OCH3 is 1. The first-order chi connectivity index (χ1) is 12.2. The highest BCUT2D eigenvalue weighted by atomic mass is 16.5. The zero-order chi connectivity index (χ0) is 17.4. The number of nitrogens with one attached hydrogen (secondary N) is 1. The Morgan fingerprint density at radius 1 is 1.24 bits per heavy atom. The summed E-state index contributed by atoms with van der Waals surface area (Å²) in [6.45, 7) is 0. The first-order valence-corrected chi connectivity index (χ1v) is 7.92. The van der Waals surface area contributed by atoms with Gasteiger partial charge in [0.15, 0.2) is 11.5 Å². The highest BCUT2D eigenvalue weighted by Crippen LogP contribution is 2.37. The SMILES string of the molecule is COc1ccc2c(c1)CCc1c(C(=O)Nc3cccc(O)c3)noc1-2. The van der Waals surface area contributed by atoms with Gasteiger partial charge in [-0.15, -0.1) is 0 Å². The number of rotatable bonds is 3. The second-order valence-corrected chi connectivity index (χ2v) is 5.87. The number of phenolic OH excluding ortho intramolecular Hbond substituents is 1. The minimum Gasteiger partial charge on any atom is -0.508 e. The van der Waals surface area contributed by atoms with Crippen LogP contribution in [0.25, 0.3) is 11.3 Å². The molecule has 1 aromatic heterocycles. The molecule has 4 rings (SSSR count). The van der Waals surface area contributed by atoms with Crippen molar-refractivity contribution in [3.63, 3.8) is 0 Å². The van der Waals surface area contributed by atoms with Gasteiger partial charge < -0.3 is 19.7 Å². The van der Waals surface area contributed by atoms with E-state index in [0.717, 1.165) is 28.9 Å². The van der Waals surface area contributed by atoms with Crippen LogP contribution in [-0.4, -0.2) is 23.3 Å². The van der Waals surface area contributed by atoms with Gasteiger partial charge in [-0.1, -0.05) is 11.2 Å². The largest absolute Gasteiger partial charge is 0.508 e. The zero-order valence-electron chi connectivity index (χ0n) is 13.6. The van der Waals surface area contributed by atoms with E-state index in [1.54, 1.807) is 25.3 Å². The molecule has 0 saturated carbocycles. The number of anilines is 1. The molecule has 1 aliphatic rings. The van der Waals surface area contributed by atoms with Crippen molar-refractivity contribution in [3.8, 4) is 22.8 Å². The molecule has 0 saturated heterocycles. The summed E-state index contributed by atoms with van der Waals surface area (Å²) in [6, 6.07) is 12.1. The van der Waals surface area contributed by atoms with Crippen molar-refractivity contribution in [2.45, 2.75) is 12.8 Å². The smallest absolute Gasteiger partial charge is 0.278 e. The molecular formula is C19H16N2O4. The van der Waals surface area contributed by atoms with Gasteiger partial charge in [0, 0.05) is 22.9 Å². The fourth-order valence-corrected chi connectivity index (χ4v) is 3.09. The van der Waals surface area contributed by atoms with Gasteiger partial charge in [0.05, 0.1) is 7.11 Å². The number of fused-ring (bicyclic) bond motifs is 3. The molecule has 2 aromatic carbocycles. The van der Waals surface area contributed by atoms with E-state index in [0.29, 0.717) is 17.9 Å². The Kier molecular flexibility index (Phi) is 3.65. The maximum absolute atomic E-state index is 12.5. The van der Waals surface area contributed by atoms with Crippen molar-refractivity contribution in [2.24, 2.45) is 0 Å². The number of carbonyl (C=O) groups excluding carboxylic acids is 1. The van der Waals surface area contributed by atoms with Gasteiger partial charge in [-0.05, 0) is 48.7 Å². The van der Waals surface area contributed by atoms with Crippen LogP contribution < -0.4 is 10.1 Å². The number of benzene rings is 2. The van der Waals surface area contributed by atoms with Crippen molar-refractivity contribution < 1.29 is 19.2 Å². The molecule has 0 radical (unpaired) electrons. The van der Waals surface area contributed by atoms with Crippen molar-refractivity contribution in [1.82, 2.24) is 5.16 Å². The third kappa shape index (κ3) is 2.71. The number of carbonyl (C=O) groups is 1. The van der Waals surface area contributed by atoms with E-state index < -0.39 is 0 Å². The molecule has 126 valence electrons. The van der Waals surface area contributed by atoms with Crippen molar-refractivity contribution in [3.05, 3.63) is 59.3 Å². The molecule has 2 N–H and O–H groups in total. The third-order valence-corrected chi connectivity index (χ3v) is 4.31. The highest BCUT2D eigenvalue weighted by Gasteiger charge is 2.28. The molecule has 0 aliphatic heterocycles. The average molecular weight is 336 g/mol. The van der Waals surface area contributed by atoms with Gasteiger partial charge in [0.2, 0.25) is 0 Å². The zero-order valence-corrected chi connectivity index (χ0v) is 13.6. The van der Waals surface area contributed by atoms with E-state index in [1.165, 1.54) is 6.07 Å². The van der Waals surface area contributed by atoms with E-state index in [4.69, 9.17) is 9.26 Å². The Balaban J connectivity index is 1.66. The molecule has 1 aliphatic carbocycles. The second-order valence-electron chi connectivity index (χ2n) is 5.87. The number of phenols is 1. The number of hydrogen-bond donors (Lipinski definition) is 2. The number of amides is 1. The third-order valence-electron chi connectivity index (χ3n) is 4.31. The predicted molar refractivity (Wildman–Crippen MR) is 92.0 cm³/mol. The van der Waals surface area contributed by atoms with Gasteiger partial charge >= 0.3 is 0 Å². The summed E-state index contributed by atoms with van der Waals surface area (Å²) in [5.41, 5.74) is 3.63. The quantitative estimate of drug-likeness (QED) is 0.766. The fraction of sp³-hybridized carbons (Fsp3) is 0.158. The lowest BCUT2D eigenvalue weighted by atomic mass is 9.89. The van der Waals surface area contributed by atoms with Crippen LogP contribution in [0, 0.1) is 0 Å². The van der Waals surface area contributed by atoms with E-state index in [2.05, 4.69) is 10.5 Å². The highest BCUT2D eigenvalue weighted by molar-refractivity contribution is 6.05.